The molecular formula is C23H20N4O3S. The maximum Gasteiger partial charge on any atom is 0.261 e. The third-order valence-electron chi connectivity index (χ3n) is 4.67. The lowest BCUT2D eigenvalue weighted by molar-refractivity contribution is 0.415. The summed E-state index contributed by atoms with van der Waals surface area (Å²) in [5.41, 5.74) is 3.10. The highest BCUT2D eigenvalue weighted by Gasteiger charge is 2.17. The standard InChI is InChI=1S/C23H20N4O3S/c1-16-5-11-19(12-6-16)31(28,29)27-22-14-13-21(20-4-3-15-24-23(20)22)26-25-17-7-9-18(30-2)10-8-17/h3-15,27H,1-2H3. The van der Waals surface area contributed by atoms with Crippen LogP contribution in [0, 0.1) is 6.92 Å². The number of rotatable bonds is 6. The maximum absolute atomic E-state index is 12.8. The zero-order chi connectivity index (χ0) is 21.8. The van der Waals surface area contributed by atoms with Gasteiger partial charge in [0.25, 0.3) is 10.0 Å². The van der Waals surface area contributed by atoms with Gasteiger partial charge in [-0.3, -0.25) is 9.71 Å². The van der Waals surface area contributed by atoms with Crippen LogP contribution < -0.4 is 9.46 Å². The van der Waals surface area contributed by atoms with E-state index >= 15 is 0 Å². The summed E-state index contributed by atoms with van der Waals surface area (Å²) in [5, 5.41) is 9.28. The number of nitrogens with zero attached hydrogens (tertiary/aromatic N) is 3. The predicted molar refractivity (Wildman–Crippen MR) is 121 cm³/mol. The molecule has 0 unspecified atom stereocenters. The summed E-state index contributed by atoms with van der Waals surface area (Å²) in [5.74, 6) is 0.735. The van der Waals surface area contributed by atoms with Gasteiger partial charge in [0.05, 0.1) is 34.6 Å². The number of benzene rings is 3. The molecule has 1 heterocycles. The monoisotopic (exact) mass is 432 g/mol. The first-order valence-electron chi connectivity index (χ1n) is 9.49. The number of hydrogen-bond acceptors (Lipinski definition) is 6. The molecule has 8 heteroatoms. The van der Waals surface area contributed by atoms with Gasteiger partial charge in [0, 0.05) is 11.6 Å². The van der Waals surface area contributed by atoms with Gasteiger partial charge < -0.3 is 4.74 Å². The van der Waals surface area contributed by atoms with E-state index in [0.717, 1.165) is 11.3 Å². The molecule has 4 aromatic rings. The van der Waals surface area contributed by atoms with Gasteiger partial charge in [-0.1, -0.05) is 17.7 Å². The Balaban J connectivity index is 1.68. The Morgan fingerprint density at radius 1 is 0.903 bits per heavy atom. The quantitative estimate of drug-likeness (QED) is 0.392. The Bertz CT molecular complexity index is 1350. The van der Waals surface area contributed by atoms with Crippen molar-refractivity contribution in [1.82, 2.24) is 4.98 Å². The molecule has 156 valence electrons. The number of ether oxygens (including phenoxy) is 1. The smallest absolute Gasteiger partial charge is 0.261 e. The van der Waals surface area contributed by atoms with Crippen LogP contribution in [0.15, 0.2) is 94.1 Å². The fraction of sp³-hybridized carbons (Fsp3) is 0.0870. The Morgan fingerprint density at radius 3 is 2.35 bits per heavy atom. The van der Waals surface area contributed by atoms with Crippen LogP contribution in [-0.2, 0) is 10.0 Å². The second kappa shape index (κ2) is 8.53. The van der Waals surface area contributed by atoms with Gasteiger partial charge in [-0.15, -0.1) is 5.11 Å². The molecule has 7 nitrogen and oxygen atoms in total. The van der Waals surface area contributed by atoms with Crippen molar-refractivity contribution in [1.29, 1.82) is 0 Å². The van der Waals surface area contributed by atoms with Gasteiger partial charge >= 0.3 is 0 Å². The van der Waals surface area contributed by atoms with Crippen molar-refractivity contribution in [2.24, 2.45) is 10.2 Å². The number of fused-ring (bicyclic) bond motifs is 1. The van der Waals surface area contributed by atoms with Crippen LogP contribution in [-0.4, -0.2) is 20.5 Å². The number of pyridine rings is 1. The van der Waals surface area contributed by atoms with Gasteiger partial charge in [0.1, 0.15) is 5.75 Å². The van der Waals surface area contributed by atoms with Crippen LogP contribution in [0.2, 0.25) is 0 Å². The molecule has 4 rings (SSSR count). The number of sulfonamides is 1. The predicted octanol–water partition coefficient (Wildman–Crippen LogP) is 5.77. The largest absolute Gasteiger partial charge is 0.497 e. The van der Waals surface area contributed by atoms with E-state index in [1.807, 2.05) is 13.0 Å². The van der Waals surface area contributed by atoms with Gasteiger partial charge in [-0.05, 0) is 67.6 Å². The van der Waals surface area contributed by atoms with E-state index in [9.17, 15) is 8.42 Å². The summed E-state index contributed by atoms with van der Waals surface area (Å²) in [6.07, 6.45) is 1.61. The number of anilines is 1. The fourth-order valence-electron chi connectivity index (χ4n) is 3.01. The molecule has 1 N–H and O–H groups in total. The third kappa shape index (κ3) is 4.54. The van der Waals surface area contributed by atoms with Gasteiger partial charge in [-0.2, -0.15) is 5.11 Å². The summed E-state index contributed by atoms with van der Waals surface area (Å²) >= 11 is 0. The zero-order valence-corrected chi connectivity index (χ0v) is 17.8. The van der Waals surface area contributed by atoms with Gasteiger partial charge in [-0.25, -0.2) is 8.42 Å². The topological polar surface area (TPSA) is 93.0 Å². The molecule has 0 aliphatic heterocycles. The van der Waals surface area contributed by atoms with E-state index in [4.69, 9.17) is 4.74 Å². The highest BCUT2D eigenvalue weighted by atomic mass is 32.2. The van der Waals surface area contributed by atoms with E-state index in [-0.39, 0.29) is 4.90 Å². The third-order valence-corrected chi connectivity index (χ3v) is 6.05. The summed E-state index contributed by atoms with van der Waals surface area (Å²) in [7, 11) is -2.15. The van der Waals surface area contributed by atoms with E-state index in [1.165, 1.54) is 0 Å². The molecular weight excluding hydrogens is 412 g/mol. The minimum Gasteiger partial charge on any atom is -0.497 e. The van der Waals surface area contributed by atoms with Crippen molar-refractivity contribution in [3.05, 3.63) is 84.6 Å². The fourth-order valence-corrected chi connectivity index (χ4v) is 4.08. The number of hydrogen-bond donors (Lipinski definition) is 1. The average molecular weight is 433 g/mol. The average Bonchev–Trinajstić information content (AvgIpc) is 2.79. The molecule has 0 bridgehead atoms. The Kier molecular flexibility index (Phi) is 5.64. The SMILES string of the molecule is COc1ccc(N=Nc2ccc(NS(=O)(=O)c3ccc(C)cc3)c3ncccc23)cc1. The lowest BCUT2D eigenvalue weighted by Gasteiger charge is -2.11. The lowest BCUT2D eigenvalue weighted by Crippen LogP contribution is -2.13. The number of azo groups is 1. The number of methoxy groups -OCH3 is 1. The molecule has 0 fully saturated rings. The van der Waals surface area contributed by atoms with Crippen molar-refractivity contribution >= 4 is 38.0 Å². The minimum atomic E-state index is -3.75. The Hall–Kier alpha value is -3.78. The van der Waals surface area contributed by atoms with Crippen LogP contribution >= 0.6 is 0 Å². The van der Waals surface area contributed by atoms with Crippen molar-refractivity contribution < 1.29 is 13.2 Å². The molecule has 31 heavy (non-hydrogen) atoms. The first-order valence-corrected chi connectivity index (χ1v) is 11.0. The molecule has 0 amide bonds. The number of aryl methyl sites for hydroxylation is 1. The van der Waals surface area contributed by atoms with Crippen molar-refractivity contribution in [3.63, 3.8) is 0 Å². The van der Waals surface area contributed by atoms with Gasteiger partial charge in [0.15, 0.2) is 0 Å². The van der Waals surface area contributed by atoms with Crippen molar-refractivity contribution in [2.45, 2.75) is 11.8 Å². The normalized spacial score (nSPS) is 11.7. The molecule has 0 aliphatic rings. The molecule has 0 saturated carbocycles. The molecule has 0 spiro atoms. The minimum absolute atomic E-state index is 0.186. The van der Waals surface area contributed by atoms with E-state index in [2.05, 4.69) is 19.9 Å². The van der Waals surface area contributed by atoms with Crippen molar-refractivity contribution in [3.8, 4) is 5.75 Å². The Labute approximate surface area is 180 Å². The van der Waals surface area contributed by atoms with E-state index in [1.54, 1.807) is 80.0 Å². The van der Waals surface area contributed by atoms with E-state index in [0.29, 0.717) is 28.0 Å². The zero-order valence-electron chi connectivity index (χ0n) is 17.0. The highest BCUT2D eigenvalue weighted by molar-refractivity contribution is 7.92. The van der Waals surface area contributed by atoms with Crippen LogP contribution in [0.3, 0.4) is 0 Å². The molecule has 0 aliphatic carbocycles. The van der Waals surface area contributed by atoms with Crippen molar-refractivity contribution in [2.75, 3.05) is 11.8 Å². The second-order valence-electron chi connectivity index (χ2n) is 6.85. The summed E-state index contributed by atoms with van der Waals surface area (Å²) in [6.45, 7) is 1.90. The highest BCUT2D eigenvalue weighted by Crippen LogP contribution is 2.32. The van der Waals surface area contributed by atoms with Gasteiger partial charge in [0.2, 0.25) is 0 Å². The van der Waals surface area contributed by atoms with Crippen LogP contribution in [0.5, 0.6) is 5.75 Å². The maximum atomic E-state index is 12.8. The molecule has 0 radical (unpaired) electrons. The summed E-state index contributed by atoms with van der Waals surface area (Å²) in [6, 6.07) is 20.8. The van der Waals surface area contributed by atoms with E-state index < -0.39 is 10.0 Å². The van der Waals surface area contributed by atoms with Crippen LogP contribution in [0.1, 0.15) is 5.56 Å². The summed E-state index contributed by atoms with van der Waals surface area (Å²) < 4.78 is 33.4. The molecule has 0 saturated heterocycles. The Morgan fingerprint density at radius 2 is 1.65 bits per heavy atom. The number of nitrogens with one attached hydrogen (secondary N) is 1. The molecule has 0 atom stereocenters. The first-order chi connectivity index (χ1) is 15.0. The number of aromatic nitrogens is 1. The second-order valence-corrected chi connectivity index (χ2v) is 8.53. The molecule has 1 aromatic heterocycles. The van der Waals surface area contributed by atoms with Crippen LogP contribution in [0.4, 0.5) is 17.1 Å². The van der Waals surface area contributed by atoms with Crippen LogP contribution in [0.25, 0.3) is 10.9 Å². The summed E-state index contributed by atoms with van der Waals surface area (Å²) in [4.78, 5) is 4.55. The molecule has 3 aromatic carbocycles. The lowest BCUT2D eigenvalue weighted by atomic mass is 10.1. The first kappa shape index (κ1) is 20.5.